The Morgan fingerprint density at radius 2 is 1.93 bits per heavy atom. The van der Waals surface area contributed by atoms with E-state index in [0.29, 0.717) is 6.04 Å². The average Bonchev–Trinajstić information content (AvgIpc) is 2.20. The van der Waals surface area contributed by atoms with Crippen LogP contribution in [-0.2, 0) is 0 Å². The maximum absolute atomic E-state index is 10.3. The first-order valence-corrected chi connectivity index (χ1v) is 6.51. The van der Waals surface area contributed by atoms with Crippen LogP contribution in [0.4, 0.5) is 0 Å². The van der Waals surface area contributed by atoms with Gasteiger partial charge in [0.05, 0.1) is 5.60 Å². The zero-order valence-corrected chi connectivity index (χ0v) is 10.6. The molecule has 15 heavy (non-hydrogen) atoms. The first-order chi connectivity index (χ1) is 7.06. The van der Waals surface area contributed by atoms with Crippen molar-refractivity contribution >= 4 is 0 Å². The maximum atomic E-state index is 10.3. The molecule has 1 aliphatic carbocycles. The van der Waals surface area contributed by atoms with Gasteiger partial charge >= 0.3 is 0 Å². The highest BCUT2D eigenvalue weighted by Crippen LogP contribution is 2.33. The third-order valence-corrected chi connectivity index (χ3v) is 3.57. The van der Waals surface area contributed by atoms with E-state index in [0.717, 1.165) is 25.3 Å². The van der Waals surface area contributed by atoms with Crippen molar-refractivity contribution < 1.29 is 5.11 Å². The van der Waals surface area contributed by atoms with Gasteiger partial charge in [0.2, 0.25) is 0 Å². The predicted octanol–water partition coefficient (Wildman–Crippen LogP) is 2.71. The lowest BCUT2D eigenvalue weighted by molar-refractivity contribution is -0.0105. The van der Waals surface area contributed by atoms with Gasteiger partial charge in [0.1, 0.15) is 0 Å². The van der Waals surface area contributed by atoms with Crippen LogP contribution in [0.3, 0.4) is 0 Å². The summed E-state index contributed by atoms with van der Waals surface area (Å²) in [7, 11) is 0. The van der Waals surface area contributed by atoms with Gasteiger partial charge in [-0.3, -0.25) is 0 Å². The number of hydrogen-bond acceptors (Lipinski definition) is 2. The molecule has 90 valence electrons. The summed E-state index contributed by atoms with van der Waals surface area (Å²) < 4.78 is 0. The van der Waals surface area contributed by atoms with E-state index in [1.807, 2.05) is 0 Å². The topological polar surface area (TPSA) is 32.3 Å². The molecule has 0 bridgehead atoms. The molecule has 0 radical (unpaired) electrons. The van der Waals surface area contributed by atoms with Crippen LogP contribution in [0.15, 0.2) is 0 Å². The fraction of sp³-hybridized carbons (Fsp3) is 1.00. The minimum Gasteiger partial charge on any atom is -0.389 e. The smallest absolute Gasteiger partial charge is 0.0771 e. The molecule has 0 spiro atoms. The van der Waals surface area contributed by atoms with Crippen LogP contribution in [0.2, 0.25) is 0 Å². The fourth-order valence-electron chi connectivity index (χ4n) is 2.48. The van der Waals surface area contributed by atoms with Crippen LogP contribution in [0, 0.1) is 5.92 Å². The number of nitrogens with one attached hydrogen (secondary N) is 1. The average molecular weight is 213 g/mol. The van der Waals surface area contributed by atoms with Crippen molar-refractivity contribution in [3.05, 3.63) is 0 Å². The van der Waals surface area contributed by atoms with Crippen molar-refractivity contribution in [1.82, 2.24) is 5.32 Å². The van der Waals surface area contributed by atoms with Crippen molar-refractivity contribution in [3.63, 3.8) is 0 Å². The molecule has 1 aliphatic rings. The molecule has 0 atom stereocenters. The van der Waals surface area contributed by atoms with Crippen LogP contribution in [0.1, 0.15) is 59.3 Å². The number of hydrogen-bond donors (Lipinski definition) is 2. The second-order valence-corrected chi connectivity index (χ2v) is 5.49. The second kappa shape index (κ2) is 5.86. The van der Waals surface area contributed by atoms with Crippen LogP contribution < -0.4 is 5.32 Å². The second-order valence-electron chi connectivity index (χ2n) is 5.49. The molecule has 1 rings (SSSR count). The molecule has 0 amide bonds. The van der Waals surface area contributed by atoms with E-state index in [2.05, 4.69) is 26.1 Å². The highest BCUT2D eigenvalue weighted by molar-refractivity contribution is 4.87. The number of aliphatic hydroxyl groups is 1. The summed E-state index contributed by atoms with van der Waals surface area (Å²) in [5.41, 5.74) is -0.422. The van der Waals surface area contributed by atoms with Gasteiger partial charge < -0.3 is 10.4 Å². The van der Waals surface area contributed by atoms with Crippen molar-refractivity contribution in [3.8, 4) is 0 Å². The molecule has 1 saturated carbocycles. The molecule has 0 saturated heterocycles. The molecular formula is C13H27NO. The van der Waals surface area contributed by atoms with Crippen molar-refractivity contribution in [2.24, 2.45) is 5.92 Å². The van der Waals surface area contributed by atoms with Gasteiger partial charge in [-0.15, -0.1) is 0 Å². The van der Waals surface area contributed by atoms with Gasteiger partial charge in [-0.25, -0.2) is 0 Å². The SMILES string of the molecule is CCCC1CCC(O)(CNC(C)C)CC1. The van der Waals surface area contributed by atoms with Crippen molar-refractivity contribution in [1.29, 1.82) is 0 Å². The zero-order chi connectivity index (χ0) is 11.3. The molecule has 0 aromatic rings. The van der Waals surface area contributed by atoms with Crippen LogP contribution in [-0.4, -0.2) is 23.3 Å². The minimum atomic E-state index is -0.422. The van der Waals surface area contributed by atoms with Crippen LogP contribution in [0.25, 0.3) is 0 Å². The summed E-state index contributed by atoms with van der Waals surface area (Å²) in [6, 6.07) is 0.474. The Labute approximate surface area is 94.5 Å². The quantitative estimate of drug-likeness (QED) is 0.736. The third-order valence-electron chi connectivity index (χ3n) is 3.57. The lowest BCUT2D eigenvalue weighted by Crippen LogP contribution is -2.45. The lowest BCUT2D eigenvalue weighted by Gasteiger charge is -2.36. The van der Waals surface area contributed by atoms with E-state index in [9.17, 15) is 5.11 Å². The van der Waals surface area contributed by atoms with E-state index in [4.69, 9.17) is 0 Å². The van der Waals surface area contributed by atoms with Crippen LogP contribution >= 0.6 is 0 Å². The summed E-state index contributed by atoms with van der Waals surface area (Å²) in [5, 5.41) is 13.7. The van der Waals surface area contributed by atoms with Gasteiger partial charge in [0.15, 0.2) is 0 Å². The predicted molar refractivity (Wildman–Crippen MR) is 65.0 cm³/mol. The Kier molecular flexibility index (Phi) is 5.07. The molecule has 1 fully saturated rings. The van der Waals surface area contributed by atoms with E-state index in [1.54, 1.807) is 0 Å². The minimum absolute atomic E-state index is 0.422. The molecule has 2 nitrogen and oxygen atoms in total. The molecular weight excluding hydrogens is 186 g/mol. The summed E-state index contributed by atoms with van der Waals surface area (Å²) in [6.45, 7) is 7.28. The Morgan fingerprint density at radius 3 is 2.40 bits per heavy atom. The Balaban J connectivity index is 2.27. The third kappa shape index (κ3) is 4.52. The molecule has 2 heteroatoms. The summed E-state index contributed by atoms with van der Waals surface area (Å²) in [5.74, 6) is 0.870. The lowest BCUT2D eigenvalue weighted by atomic mass is 9.77. The fourth-order valence-corrected chi connectivity index (χ4v) is 2.48. The highest BCUT2D eigenvalue weighted by atomic mass is 16.3. The molecule has 0 unspecified atom stereocenters. The monoisotopic (exact) mass is 213 g/mol. The van der Waals surface area contributed by atoms with Gasteiger partial charge in [-0.1, -0.05) is 33.6 Å². The first kappa shape index (κ1) is 13.0. The van der Waals surface area contributed by atoms with Crippen LogP contribution in [0.5, 0.6) is 0 Å². The van der Waals surface area contributed by atoms with Gasteiger partial charge in [0.25, 0.3) is 0 Å². The van der Waals surface area contributed by atoms with Gasteiger partial charge in [0, 0.05) is 12.6 Å². The van der Waals surface area contributed by atoms with Gasteiger partial charge in [-0.2, -0.15) is 0 Å². The Hall–Kier alpha value is -0.0800. The van der Waals surface area contributed by atoms with Crippen molar-refractivity contribution in [2.45, 2.75) is 70.9 Å². The standard InChI is InChI=1S/C13H27NO/c1-4-5-12-6-8-13(15,9-7-12)10-14-11(2)3/h11-12,14-15H,4-10H2,1-3H3. The van der Waals surface area contributed by atoms with Gasteiger partial charge in [-0.05, 0) is 31.6 Å². The highest BCUT2D eigenvalue weighted by Gasteiger charge is 2.32. The normalized spacial score (nSPS) is 32.2. The Morgan fingerprint density at radius 1 is 1.33 bits per heavy atom. The first-order valence-electron chi connectivity index (χ1n) is 6.51. The van der Waals surface area contributed by atoms with Crippen molar-refractivity contribution in [2.75, 3.05) is 6.54 Å². The zero-order valence-electron chi connectivity index (χ0n) is 10.6. The Bertz CT molecular complexity index is 171. The van der Waals surface area contributed by atoms with E-state index in [1.165, 1.54) is 25.7 Å². The van der Waals surface area contributed by atoms with E-state index in [-0.39, 0.29) is 0 Å². The molecule has 0 aromatic heterocycles. The maximum Gasteiger partial charge on any atom is 0.0771 e. The summed E-state index contributed by atoms with van der Waals surface area (Å²) >= 11 is 0. The molecule has 0 aliphatic heterocycles. The summed E-state index contributed by atoms with van der Waals surface area (Å²) in [6.07, 6.45) is 7.02. The largest absolute Gasteiger partial charge is 0.389 e. The number of rotatable bonds is 5. The van der Waals surface area contributed by atoms with E-state index >= 15 is 0 Å². The molecule has 0 aromatic carbocycles. The van der Waals surface area contributed by atoms with E-state index < -0.39 is 5.60 Å². The molecule has 2 N–H and O–H groups in total. The summed E-state index contributed by atoms with van der Waals surface area (Å²) in [4.78, 5) is 0. The molecule has 0 heterocycles.